The molecule has 1 aromatic rings. The molecule has 0 amide bonds. The second kappa shape index (κ2) is 6.10. The van der Waals surface area contributed by atoms with Crippen LogP contribution in [0.4, 0.5) is 4.39 Å². The second-order valence-electron chi connectivity index (χ2n) is 5.93. The van der Waals surface area contributed by atoms with Crippen molar-refractivity contribution in [3.8, 4) is 5.75 Å². The Morgan fingerprint density at radius 1 is 1.30 bits per heavy atom. The molecule has 2 aliphatic heterocycles. The standard InChI is InChI=1S/C16H23FN2O/c17-13-5-6-16-12(8-13)9-15(20-16)11-19-7-3-1-2-4-14(19)10-18/h5-6,8,14-15H,1-4,7,9-11,18H2. The molecule has 0 spiro atoms. The molecule has 1 aromatic carbocycles. The molecule has 0 bridgehead atoms. The molecule has 2 atom stereocenters. The van der Waals surface area contributed by atoms with E-state index in [-0.39, 0.29) is 11.9 Å². The van der Waals surface area contributed by atoms with E-state index in [0.717, 1.165) is 30.8 Å². The maximum Gasteiger partial charge on any atom is 0.123 e. The van der Waals surface area contributed by atoms with Crippen molar-refractivity contribution in [3.63, 3.8) is 0 Å². The molecule has 0 radical (unpaired) electrons. The quantitative estimate of drug-likeness (QED) is 0.922. The maximum atomic E-state index is 13.2. The Morgan fingerprint density at radius 2 is 2.20 bits per heavy atom. The number of fused-ring (bicyclic) bond motifs is 1. The van der Waals surface area contributed by atoms with E-state index in [4.69, 9.17) is 10.5 Å². The lowest BCUT2D eigenvalue weighted by Crippen LogP contribution is -2.45. The van der Waals surface area contributed by atoms with Crippen molar-refractivity contribution in [2.45, 2.75) is 44.2 Å². The van der Waals surface area contributed by atoms with E-state index in [2.05, 4.69) is 4.90 Å². The van der Waals surface area contributed by atoms with Crippen LogP contribution in [0, 0.1) is 5.82 Å². The van der Waals surface area contributed by atoms with Crippen LogP contribution in [0.5, 0.6) is 5.75 Å². The average Bonchev–Trinajstić information content (AvgIpc) is 2.68. The Labute approximate surface area is 119 Å². The molecule has 2 unspecified atom stereocenters. The SMILES string of the molecule is NCC1CCCCCN1CC1Cc2cc(F)ccc2O1. The number of halogens is 1. The summed E-state index contributed by atoms with van der Waals surface area (Å²) in [6.07, 6.45) is 5.94. The summed E-state index contributed by atoms with van der Waals surface area (Å²) in [7, 11) is 0. The van der Waals surface area contributed by atoms with E-state index >= 15 is 0 Å². The molecule has 0 saturated carbocycles. The van der Waals surface area contributed by atoms with Gasteiger partial charge in [-0.1, -0.05) is 12.8 Å². The van der Waals surface area contributed by atoms with Crippen LogP contribution in [0.3, 0.4) is 0 Å². The van der Waals surface area contributed by atoms with Gasteiger partial charge in [0.1, 0.15) is 17.7 Å². The van der Waals surface area contributed by atoms with Gasteiger partial charge in [0.2, 0.25) is 0 Å². The van der Waals surface area contributed by atoms with Crippen molar-refractivity contribution < 1.29 is 9.13 Å². The van der Waals surface area contributed by atoms with Crippen LogP contribution >= 0.6 is 0 Å². The van der Waals surface area contributed by atoms with Gasteiger partial charge in [-0.3, -0.25) is 4.90 Å². The highest BCUT2D eigenvalue weighted by atomic mass is 19.1. The minimum absolute atomic E-state index is 0.138. The molecular weight excluding hydrogens is 255 g/mol. The third-order valence-electron chi connectivity index (χ3n) is 4.47. The number of nitrogens with two attached hydrogens (primary N) is 1. The molecule has 1 fully saturated rings. The summed E-state index contributed by atoms with van der Waals surface area (Å²) in [4.78, 5) is 2.47. The predicted molar refractivity (Wildman–Crippen MR) is 77.4 cm³/mol. The number of rotatable bonds is 3. The van der Waals surface area contributed by atoms with E-state index < -0.39 is 0 Å². The molecule has 3 nitrogen and oxygen atoms in total. The van der Waals surface area contributed by atoms with Gasteiger partial charge >= 0.3 is 0 Å². The van der Waals surface area contributed by atoms with E-state index in [1.54, 1.807) is 12.1 Å². The van der Waals surface area contributed by atoms with E-state index in [1.807, 2.05) is 0 Å². The second-order valence-corrected chi connectivity index (χ2v) is 5.93. The lowest BCUT2D eigenvalue weighted by atomic mass is 10.1. The molecule has 2 N–H and O–H groups in total. The molecule has 0 aromatic heterocycles. The van der Waals surface area contributed by atoms with Crippen LogP contribution in [0.2, 0.25) is 0 Å². The number of hydrogen-bond acceptors (Lipinski definition) is 3. The lowest BCUT2D eigenvalue weighted by molar-refractivity contribution is 0.120. The maximum absolute atomic E-state index is 13.2. The highest BCUT2D eigenvalue weighted by Crippen LogP contribution is 2.30. The zero-order valence-corrected chi connectivity index (χ0v) is 11.9. The topological polar surface area (TPSA) is 38.5 Å². The molecule has 4 heteroatoms. The number of nitrogens with zero attached hydrogens (tertiary/aromatic N) is 1. The Balaban J connectivity index is 1.64. The van der Waals surface area contributed by atoms with E-state index in [0.29, 0.717) is 12.6 Å². The van der Waals surface area contributed by atoms with Crippen LogP contribution in [-0.4, -0.2) is 36.7 Å². The lowest BCUT2D eigenvalue weighted by Gasteiger charge is -2.30. The first-order valence-electron chi connectivity index (χ1n) is 7.65. The summed E-state index contributed by atoms with van der Waals surface area (Å²) >= 11 is 0. The fraction of sp³-hybridized carbons (Fsp3) is 0.625. The van der Waals surface area contributed by atoms with Crippen LogP contribution in [-0.2, 0) is 6.42 Å². The summed E-state index contributed by atoms with van der Waals surface area (Å²) in [6.45, 7) is 2.72. The molecule has 20 heavy (non-hydrogen) atoms. The number of benzene rings is 1. The highest BCUT2D eigenvalue weighted by Gasteiger charge is 2.28. The molecule has 0 aliphatic carbocycles. The minimum Gasteiger partial charge on any atom is -0.488 e. The van der Waals surface area contributed by atoms with Crippen LogP contribution in [0.25, 0.3) is 0 Å². The summed E-state index contributed by atoms with van der Waals surface area (Å²) in [5.41, 5.74) is 6.90. The van der Waals surface area contributed by atoms with Gasteiger partial charge < -0.3 is 10.5 Å². The Hall–Kier alpha value is -1.13. The number of hydrogen-bond donors (Lipinski definition) is 1. The fourth-order valence-electron chi connectivity index (χ4n) is 3.40. The van der Waals surface area contributed by atoms with Gasteiger partial charge in [-0.25, -0.2) is 4.39 Å². The minimum atomic E-state index is -0.178. The highest BCUT2D eigenvalue weighted by molar-refractivity contribution is 5.37. The van der Waals surface area contributed by atoms with Gasteiger partial charge in [0, 0.05) is 31.1 Å². The number of ether oxygens (including phenoxy) is 1. The molecule has 2 aliphatic rings. The zero-order chi connectivity index (χ0) is 13.9. The Bertz CT molecular complexity index is 466. The molecule has 110 valence electrons. The normalized spacial score (nSPS) is 26.9. The summed E-state index contributed by atoms with van der Waals surface area (Å²) in [5, 5.41) is 0. The monoisotopic (exact) mass is 278 g/mol. The third-order valence-corrected chi connectivity index (χ3v) is 4.47. The predicted octanol–water partition coefficient (Wildman–Crippen LogP) is 2.33. The van der Waals surface area contributed by atoms with Crippen molar-refractivity contribution in [3.05, 3.63) is 29.6 Å². The average molecular weight is 278 g/mol. The van der Waals surface area contributed by atoms with Gasteiger partial charge in [-0.2, -0.15) is 0 Å². The molecule has 2 heterocycles. The smallest absolute Gasteiger partial charge is 0.123 e. The molecular formula is C16H23FN2O. The van der Waals surface area contributed by atoms with Crippen LogP contribution in [0.15, 0.2) is 18.2 Å². The molecule has 1 saturated heterocycles. The zero-order valence-electron chi connectivity index (χ0n) is 11.9. The summed E-state index contributed by atoms with van der Waals surface area (Å²) in [5.74, 6) is 0.665. The van der Waals surface area contributed by atoms with Crippen LogP contribution < -0.4 is 10.5 Å². The van der Waals surface area contributed by atoms with Crippen molar-refractivity contribution >= 4 is 0 Å². The summed E-state index contributed by atoms with van der Waals surface area (Å²) in [6, 6.07) is 5.28. The van der Waals surface area contributed by atoms with E-state index in [9.17, 15) is 4.39 Å². The Morgan fingerprint density at radius 3 is 3.05 bits per heavy atom. The Kier molecular flexibility index (Phi) is 4.22. The van der Waals surface area contributed by atoms with Gasteiger partial charge in [-0.15, -0.1) is 0 Å². The largest absolute Gasteiger partial charge is 0.488 e. The van der Waals surface area contributed by atoms with Gasteiger partial charge in [-0.05, 0) is 37.6 Å². The van der Waals surface area contributed by atoms with Gasteiger partial charge in [0.15, 0.2) is 0 Å². The van der Waals surface area contributed by atoms with Gasteiger partial charge in [0.25, 0.3) is 0 Å². The van der Waals surface area contributed by atoms with Crippen molar-refractivity contribution in [1.29, 1.82) is 0 Å². The number of likely N-dealkylation sites (tertiary alicyclic amines) is 1. The molecule has 3 rings (SSSR count). The third kappa shape index (κ3) is 2.96. The van der Waals surface area contributed by atoms with Gasteiger partial charge in [0.05, 0.1) is 0 Å². The van der Waals surface area contributed by atoms with Crippen molar-refractivity contribution in [1.82, 2.24) is 4.90 Å². The first-order chi connectivity index (χ1) is 9.76. The van der Waals surface area contributed by atoms with E-state index in [1.165, 1.54) is 31.7 Å². The van der Waals surface area contributed by atoms with Crippen molar-refractivity contribution in [2.24, 2.45) is 5.73 Å². The fourth-order valence-corrected chi connectivity index (χ4v) is 3.40. The van der Waals surface area contributed by atoms with Crippen LogP contribution in [0.1, 0.15) is 31.2 Å². The summed E-state index contributed by atoms with van der Waals surface area (Å²) < 4.78 is 19.2. The first kappa shape index (κ1) is 13.8. The van der Waals surface area contributed by atoms with Crippen molar-refractivity contribution in [2.75, 3.05) is 19.6 Å². The first-order valence-corrected chi connectivity index (χ1v) is 7.65.